The van der Waals surface area contributed by atoms with E-state index in [4.69, 9.17) is 9.47 Å². The van der Waals surface area contributed by atoms with Crippen LogP contribution in [0.1, 0.15) is 17.5 Å². The Morgan fingerprint density at radius 2 is 1.73 bits per heavy atom. The van der Waals surface area contributed by atoms with Gasteiger partial charge >= 0.3 is 0 Å². The minimum atomic E-state index is -0.654. The SMILES string of the molecule is COc1cc2c(cc1OC)CN([C@H]1CC(=O)N(c3ccccc3[N+](=O)[O-])C1=O)CC2. The smallest absolute Gasteiger partial charge is 0.293 e. The number of fused-ring (bicyclic) bond motifs is 1. The summed E-state index contributed by atoms with van der Waals surface area (Å²) in [4.78, 5) is 39.4. The van der Waals surface area contributed by atoms with Gasteiger partial charge in [-0.1, -0.05) is 12.1 Å². The van der Waals surface area contributed by atoms with E-state index in [-0.39, 0.29) is 17.8 Å². The summed E-state index contributed by atoms with van der Waals surface area (Å²) in [5.74, 6) is 0.392. The highest BCUT2D eigenvalue weighted by Gasteiger charge is 2.45. The van der Waals surface area contributed by atoms with Crippen molar-refractivity contribution in [1.82, 2.24) is 4.90 Å². The van der Waals surface area contributed by atoms with Crippen LogP contribution in [-0.4, -0.2) is 48.4 Å². The van der Waals surface area contributed by atoms with Gasteiger partial charge in [0.15, 0.2) is 11.5 Å². The molecular weight excluding hydrogens is 390 g/mol. The van der Waals surface area contributed by atoms with Gasteiger partial charge in [-0.2, -0.15) is 0 Å². The number of nitro benzene ring substituents is 1. The van der Waals surface area contributed by atoms with Crippen LogP contribution in [0.2, 0.25) is 0 Å². The second-order valence-corrected chi connectivity index (χ2v) is 7.23. The number of para-hydroxylation sites is 2. The predicted octanol–water partition coefficient (Wildman–Crippen LogP) is 2.30. The molecule has 2 amide bonds. The summed E-state index contributed by atoms with van der Waals surface area (Å²) < 4.78 is 10.7. The maximum absolute atomic E-state index is 13.1. The van der Waals surface area contributed by atoms with Gasteiger partial charge in [0.1, 0.15) is 5.69 Å². The van der Waals surface area contributed by atoms with E-state index in [1.54, 1.807) is 20.3 Å². The van der Waals surface area contributed by atoms with Gasteiger partial charge in [-0.15, -0.1) is 0 Å². The highest BCUT2D eigenvalue weighted by atomic mass is 16.6. The number of amides is 2. The molecule has 1 fully saturated rings. The van der Waals surface area contributed by atoms with Crippen LogP contribution in [0.4, 0.5) is 11.4 Å². The summed E-state index contributed by atoms with van der Waals surface area (Å²) in [6.07, 6.45) is 0.687. The third kappa shape index (κ3) is 3.26. The molecule has 156 valence electrons. The van der Waals surface area contributed by atoms with Gasteiger partial charge < -0.3 is 9.47 Å². The highest BCUT2D eigenvalue weighted by molar-refractivity contribution is 6.23. The number of methoxy groups -OCH3 is 2. The molecule has 4 rings (SSSR count). The Kier molecular flexibility index (Phi) is 5.13. The number of ether oxygens (including phenoxy) is 2. The van der Waals surface area contributed by atoms with E-state index >= 15 is 0 Å². The van der Waals surface area contributed by atoms with Gasteiger partial charge in [-0.25, -0.2) is 4.90 Å². The molecule has 1 saturated heterocycles. The molecule has 2 aliphatic heterocycles. The molecule has 0 unspecified atom stereocenters. The lowest BCUT2D eigenvalue weighted by Gasteiger charge is -2.32. The van der Waals surface area contributed by atoms with Gasteiger partial charge in [0.05, 0.1) is 31.6 Å². The van der Waals surface area contributed by atoms with Crippen LogP contribution in [0.15, 0.2) is 36.4 Å². The molecule has 2 heterocycles. The van der Waals surface area contributed by atoms with Crippen molar-refractivity contribution in [2.75, 3.05) is 25.7 Å². The Balaban J connectivity index is 1.61. The summed E-state index contributed by atoms with van der Waals surface area (Å²) in [6, 6.07) is 8.98. The first kappa shape index (κ1) is 19.8. The fourth-order valence-corrected chi connectivity index (χ4v) is 4.13. The number of carbonyl (C=O) groups excluding carboxylic acids is 2. The topological polar surface area (TPSA) is 102 Å². The number of anilines is 1. The molecule has 0 saturated carbocycles. The molecule has 0 radical (unpaired) electrons. The van der Waals surface area contributed by atoms with Crippen LogP contribution >= 0.6 is 0 Å². The molecule has 0 bridgehead atoms. The Morgan fingerprint density at radius 1 is 1.07 bits per heavy atom. The average molecular weight is 411 g/mol. The summed E-state index contributed by atoms with van der Waals surface area (Å²) >= 11 is 0. The third-order valence-electron chi connectivity index (χ3n) is 5.63. The second-order valence-electron chi connectivity index (χ2n) is 7.23. The van der Waals surface area contributed by atoms with Crippen LogP contribution in [-0.2, 0) is 22.6 Å². The van der Waals surface area contributed by atoms with Gasteiger partial charge in [-0.05, 0) is 35.7 Å². The van der Waals surface area contributed by atoms with Gasteiger partial charge in [-0.3, -0.25) is 24.6 Å². The standard InChI is InChI=1S/C21H21N3O6/c1-29-18-9-13-7-8-22(12-14(13)10-19(18)30-2)17-11-20(25)23(21(17)26)15-5-3-4-6-16(15)24(27)28/h3-6,9-10,17H,7-8,11-12H2,1-2H3/t17-/m0/s1. The lowest BCUT2D eigenvalue weighted by Crippen LogP contribution is -2.44. The van der Waals surface area contributed by atoms with E-state index in [0.717, 1.165) is 16.0 Å². The number of hydrogen-bond donors (Lipinski definition) is 0. The lowest BCUT2D eigenvalue weighted by molar-refractivity contribution is -0.384. The average Bonchev–Trinajstić information content (AvgIpc) is 3.05. The quantitative estimate of drug-likeness (QED) is 0.423. The number of benzene rings is 2. The van der Waals surface area contributed by atoms with E-state index in [1.165, 1.54) is 18.2 Å². The number of rotatable bonds is 5. The lowest BCUT2D eigenvalue weighted by atomic mass is 9.97. The van der Waals surface area contributed by atoms with E-state index < -0.39 is 22.8 Å². The number of imide groups is 1. The molecule has 0 aromatic heterocycles. The third-order valence-corrected chi connectivity index (χ3v) is 5.63. The summed E-state index contributed by atoms with van der Waals surface area (Å²) in [5, 5.41) is 11.3. The molecule has 2 aromatic rings. The number of nitrogens with zero attached hydrogens (tertiary/aromatic N) is 3. The molecule has 1 atom stereocenters. The van der Waals surface area contributed by atoms with Gasteiger partial charge in [0.25, 0.3) is 11.6 Å². The Bertz CT molecular complexity index is 1040. The van der Waals surface area contributed by atoms with Crippen molar-refractivity contribution < 1.29 is 24.0 Å². The van der Waals surface area contributed by atoms with Crippen LogP contribution in [0.3, 0.4) is 0 Å². The summed E-state index contributed by atoms with van der Waals surface area (Å²) in [5.41, 5.74) is 1.86. The molecule has 2 aliphatic rings. The van der Waals surface area contributed by atoms with Crippen molar-refractivity contribution in [3.05, 3.63) is 57.6 Å². The van der Waals surface area contributed by atoms with E-state index in [1.807, 2.05) is 17.0 Å². The molecule has 0 spiro atoms. The molecule has 30 heavy (non-hydrogen) atoms. The maximum atomic E-state index is 13.1. The van der Waals surface area contributed by atoms with Crippen molar-refractivity contribution in [1.29, 1.82) is 0 Å². The van der Waals surface area contributed by atoms with Crippen molar-refractivity contribution in [3.8, 4) is 11.5 Å². The second kappa shape index (κ2) is 7.75. The zero-order chi connectivity index (χ0) is 21.4. The molecule has 9 nitrogen and oxygen atoms in total. The molecule has 0 N–H and O–H groups in total. The minimum absolute atomic E-state index is 0.00644. The first-order valence-corrected chi connectivity index (χ1v) is 9.52. The predicted molar refractivity (Wildman–Crippen MR) is 108 cm³/mol. The Labute approximate surface area is 172 Å². The van der Waals surface area contributed by atoms with Crippen molar-refractivity contribution in [2.45, 2.75) is 25.4 Å². The molecular formula is C21H21N3O6. The Morgan fingerprint density at radius 3 is 2.40 bits per heavy atom. The molecule has 9 heteroatoms. The van der Waals surface area contributed by atoms with Crippen molar-refractivity contribution in [3.63, 3.8) is 0 Å². The Hall–Kier alpha value is -3.46. The monoisotopic (exact) mass is 411 g/mol. The van der Waals surface area contributed by atoms with E-state index in [9.17, 15) is 19.7 Å². The van der Waals surface area contributed by atoms with Crippen molar-refractivity contribution in [2.24, 2.45) is 0 Å². The summed E-state index contributed by atoms with van der Waals surface area (Å²) in [7, 11) is 3.15. The fourth-order valence-electron chi connectivity index (χ4n) is 4.13. The maximum Gasteiger partial charge on any atom is 0.293 e. The fraction of sp³-hybridized carbons (Fsp3) is 0.333. The largest absolute Gasteiger partial charge is 0.493 e. The molecule has 2 aromatic carbocycles. The van der Waals surface area contributed by atoms with Crippen molar-refractivity contribution >= 4 is 23.2 Å². The van der Waals surface area contributed by atoms with Gasteiger partial charge in [0, 0.05) is 19.2 Å². The zero-order valence-electron chi connectivity index (χ0n) is 16.7. The van der Waals surface area contributed by atoms with Crippen LogP contribution in [0.25, 0.3) is 0 Å². The minimum Gasteiger partial charge on any atom is -0.493 e. The number of nitro groups is 1. The zero-order valence-corrected chi connectivity index (χ0v) is 16.7. The van der Waals surface area contributed by atoms with Gasteiger partial charge in [0.2, 0.25) is 5.91 Å². The molecule has 0 aliphatic carbocycles. The normalized spacial score (nSPS) is 19.0. The van der Waals surface area contributed by atoms with Crippen LogP contribution in [0, 0.1) is 10.1 Å². The van der Waals surface area contributed by atoms with E-state index in [0.29, 0.717) is 31.0 Å². The van der Waals surface area contributed by atoms with Crippen LogP contribution in [0.5, 0.6) is 11.5 Å². The first-order valence-electron chi connectivity index (χ1n) is 9.52. The first-order chi connectivity index (χ1) is 14.4. The number of carbonyl (C=O) groups is 2. The van der Waals surface area contributed by atoms with Crippen LogP contribution < -0.4 is 14.4 Å². The van der Waals surface area contributed by atoms with E-state index in [2.05, 4.69) is 0 Å². The highest BCUT2D eigenvalue weighted by Crippen LogP contribution is 2.36. The number of hydrogen-bond acceptors (Lipinski definition) is 7. The summed E-state index contributed by atoms with van der Waals surface area (Å²) in [6.45, 7) is 1.07.